The predicted molar refractivity (Wildman–Crippen MR) is 61.4 cm³/mol. The predicted octanol–water partition coefficient (Wildman–Crippen LogP) is 1.73. The molecule has 0 fully saturated rings. The molecule has 0 aliphatic carbocycles. The second-order valence-corrected chi connectivity index (χ2v) is 3.69. The first-order chi connectivity index (χ1) is 8.58. The van der Waals surface area contributed by atoms with Gasteiger partial charge in [0, 0.05) is 17.0 Å². The van der Waals surface area contributed by atoms with Gasteiger partial charge in [-0.05, 0) is 35.7 Å². The van der Waals surface area contributed by atoms with E-state index in [1.165, 1.54) is 6.07 Å². The van der Waals surface area contributed by atoms with Gasteiger partial charge in [-0.3, -0.25) is 4.79 Å². The summed E-state index contributed by atoms with van der Waals surface area (Å²) in [6.45, 7) is 0.0184. The van der Waals surface area contributed by atoms with Crippen LogP contribution < -0.4 is 0 Å². The van der Waals surface area contributed by atoms with Crippen LogP contribution in [-0.2, 0) is 0 Å². The van der Waals surface area contributed by atoms with E-state index >= 15 is 0 Å². The van der Waals surface area contributed by atoms with Gasteiger partial charge in [-0.2, -0.15) is 0 Å². The van der Waals surface area contributed by atoms with E-state index in [0.717, 1.165) is 12.1 Å². The molecule has 0 bridgehead atoms. The maximum absolute atomic E-state index is 13.1. The van der Waals surface area contributed by atoms with Crippen LogP contribution in [-0.4, -0.2) is 29.1 Å². The van der Waals surface area contributed by atoms with E-state index in [-0.39, 0.29) is 24.1 Å². The van der Waals surface area contributed by atoms with Crippen LogP contribution in [0.5, 0.6) is 0 Å². The van der Waals surface area contributed by atoms with Crippen molar-refractivity contribution in [3.8, 4) is 0 Å². The number of azide groups is 1. The maximum atomic E-state index is 13.1. The molecule has 0 amide bonds. The molecule has 1 aromatic rings. The number of carbonyl (C=O) groups excluding carboxylic acids is 1. The second kappa shape index (κ2) is 6.70. The highest BCUT2D eigenvalue weighted by Crippen LogP contribution is 2.21. The number of halogens is 1. The van der Waals surface area contributed by atoms with E-state index < -0.39 is 18.0 Å². The molecule has 0 heterocycles. The number of aliphatic hydroxyl groups is 2. The number of benzene rings is 1. The van der Waals surface area contributed by atoms with Gasteiger partial charge >= 0.3 is 0 Å². The van der Waals surface area contributed by atoms with E-state index in [9.17, 15) is 19.4 Å². The number of nitrogens with zero attached hydrogens (tertiary/aromatic N) is 3. The topological polar surface area (TPSA) is 106 Å². The SMILES string of the molecule is [N-]=[N+]=NCCC(O)C(O)c1cc(F)cc(C=O)c1. The number of aliphatic hydroxyl groups excluding tert-OH is 2. The third kappa shape index (κ3) is 3.81. The minimum absolute atomic E-state index is 0.0184. The Hall–Kier alpha value is -1.95. The molecule has 1 rings (SSSR count). The fourth-order valence-electron chi connectivity index (χ4n) is 1.49. The van der Waals surface area contributed by atoms with Gasteiger partial charge in [0.15, 0.2) is 0 Å². The minimum atomic E-state index is -1.34. The Morgan fingerprint density at radius 3 is 2.78 bits per heavy atom. The summed E-state index contributed by atoms with van der Waals surface area (Å²) in [5.41, 5.74) is 8.24. The van der Waals surface area contributed by atoms with Crippen LogP contribution >= 0.6 is 0 Å². The van der Waals surface area contributed by atoms with Gasteiger partial charge in [-0.1, -0.05) is 5.11 Å². The summed E-state index contributed by atoms with van der Waals surface area (Å²) in [6, 6.07) is 3.35. The Morgan fingerprint density at radius 1 is 1.44 bits per heavy atom. The van der Waals surface area contributed by atoms with Crippen molar-refractivity contribution in [1.29, 1.82) is 0 Å². The molecule has 2 unspecified atom stereocenters. The van der Waals surface area contributed by atoms with Gasteiger partial charge in [0.25, 0.3) is 0 Å². The van der Waals surface area contributed by atoms with Gasteiger partial charge in [0.05, 0.1) is 6.10 Å². The summed E-state index contributed by atoms with van der Waals surface area (Å²) in [5.74, 6) is -0.670. The minimum Gasteiger partial charge on any atom is -0.390 e. The smallest absolute Gasteiger partial charge is 0.150 e. The molecule has 0 saturated heterocycles. The van der Waals surface area contributed by atoms with Crippen molar-refractivity contribution in [3.63, 3.8) is 0 Å². The molecule has 0 aliphatic rings. The number of hydrogen-bond acceptors (Lipinski definition) is 4. The average molecular weight is 253 g/mol. The quantitative estimate of drug-likeness (QED) is 0.349. The van der Waals surface area contributed by atoms with E-state index in [1.54, 1.807) is 0 Å². The molecule has 0 aromatic heterocycles. The molecule has 1 aromatic carbocycles. The fraction of sp³-hybridized carbons (Fsp3) is 0.364. The second-order valence-electron chi connectivity index (χ2n) is 3.69. The van der Waals surface area contributed by atoms with Gasteiger partial charge in [0.1, 0.15) is 18.2 Å². The first kappa shape index (κ1) is 14.1. The molecule has 0 radical (unpaired) electrons. The van der Waals surface area contributed by atoms with Crippen LogP contribution in [0.2, 0.25) is 0 Å². The summed E-state index contributed by atoms with van der Waals surface area (Å²) < 4.78 is 13.1. The van der Waals surface area contributed by atoms with Crippen molar-refractivity contribution in [1.82, 2.24) is 0 Å². The van der Waals surface area contributed by atoms with Crippen molar-refractivity contribution in [2.75, 3.05) is 6.54 Å². The van der Waals surface area contributed by atoms with Crippen LogP contribution in [0.25, 0.3) is 10.4 Å². The van der Waals surface area contributed by atoms with Crippen molar-refractivity contribution < 1.29 is 19.4 Å². The van der Waals surface area contributed by atoms with Crippen molar-refractivity contribution >= 4 is 6.29 Å². The molecular formula is C11H12FN3O3. The summed E-state index contributed by atoms with van der Waals surface area (Å²) in [7, 11) is 0. The summed E-state index contributed by atoms with van der Waals surface area (Å²) in [6.07, 6.45) is -2.05. The third-order valence-electron chi connectivity index (χ3n) is 2.37. The van der Waals surface area contributed by atoms with Gasteiger partial charge in [-0.15, -0.1) is 0 Å². The molecule has 0 aliphatic heterocycles. The molecule has 18 heavy (non-hydrogen) atoms. The largest absolute Gasteiger partial charge is 0.390 e. The third-order valence-corrected chi connectivity index (χ3v) is 2.37. The molecule has 0 saturated carbocycles. The molecule has 96 valence electrons. The van der Waals surface area contributed by atoms with Crippen LogP contribution in [0.15, 0.2) is 23.3 Å². The summed E-state index contributed by atoms with van der Waals surface area (Å²) >= 11 is 0. The van der Waals surface area contributed by atoms with Crippen LogP contribution in [0, 0.1) is 5.82 Å². The molecular weight excluding hydrogens is 241 g/mol. The van der Waals surface area contributed by atoms with E-state index in [0.29, 0.717) is 6.29 Å². The van der Waals surface area contributed by atoms with Gasteiger partial charge < -0.3 is 10.2 Å². The molecule has 2 N–H and O–H groups in total. The highest BCUT2D eigenvalue weighted by Gasteiger charge is 2.19. The fourth-order valence-corrected chi connectivity index (χ4v) is 1.49. The maximum Gasteiger partial charge on any atom is 0.150 e. The average Bonchev–Trinajstić information content (AvgIpc) is 2.37. The van der Waals surface area contributed by atoms with Crippen LogP contribution in [0.3, 0.4) is 0 Å². The number of rotatable bonds is 6. The van der Waals surface area contributed by atoms with Crippen molar-refractivity contribution in [2.24, 2.45) is 5.11 Å². The highest BCUT2D eigenvalue weighted by atomic mass is 19.1. The van der Waals surface area contributed by atoms with E-state index in [4.69, 9.17) is 5.53 Å². The Morgan fingerprint density at radius 2 is 2.17 bits per heavy atom. The van der Waals surface area contributed by atoms with Crippen molar-refractivity contribution in [3.05, 3.63) is 45.6 Å². The zero-order valence-electron chi connectivity index (χ0n) is 9.40. The Bertz CT molecular complexity index is 475. The number of aldehydes is 1. The molecule has 2 atom stereocenters. The van der Waals surface area contributed by atoms with E-state index in [2.05, 4.69) is 10.0 Å². The van der Waals surface area contributed by atoms with Gasteiger partial charge in [-0.25, -0.2) is 4.39 Å². The Labute approximate surface area is 102 Å². The monoisotopic (exact) mass is 253 g/mol. The Balaban J connectivity index is 2.81. The summed E-state index contributed by atoms with van der Waals surface area (Å²) in [5, 5.41) is 22.6. The molecule has 7 heteroatoms. The van der Waals surface area contributed by atoms with Crippen LogP contribution in [0.4, 0.5) is 4.39 Å². The Kier molecular flexibility index (Phi) is 5.26. The number of carbonyl (C=O) groups is 1. The lowest BCUT2D eigenvalue weighted by molar-refractivity contribution is 0.0148. The lowest BCUT2D eigenvalue weighted by Gasteiger charge is -2.17. The lowest BCUT2D eigenvalue weighted by atomic mass is 10.0. The van der Waals surface area contributed by atoms with Gasteiger partial charge in [0.2, 0.25) is 0 Å². The molecule has 6 nitrogen and oxygen atoms in total. The first-order valence-corrected chi connectivity index (χ1v) is 5.21. The summed E-state index contributed by atoms with van der Waals surface area (Å²) in [4.78, 5) is 13.1. The lowest BCUT2D eigenvalue weighted by Crippen LogP contribution is -2.19. The van der Waals surface area contributed by atoms with Crippen molar-refractivity contribution in [2.45, 2.75) is 18.6 Å². The zero-order chi connectivity index (χ0) is 13.5. The zero-order valence-corrected chi connectivity index (χ0v) is 9.40. The van der Waals surface area contributed by atoms with E-state index in [1.807, 2.05) is 0 Å². The normalized spacial score (nSPS) is 13.5. The molecule has 0 spiro atoms. The first-order valence-electron chi connectivity index (χ1n) is 5.21. The highest BCUT2D eigenvalue weighted by molar-refractivity contribution is 5.75. The van der Waals surface area contributed by atoms with Crippen LogP contribution in [0.1, 0.15) is 28.4 Å². The standard InChI is InChI=1S/C11H12FN3O3/c12-9-4-7(6-16)3-8(5-9)11(18)10(17)1-2-14-15-13/h3-6,10-11,17-18H,1-2H2. The number of hydrogen-bond donors (Lipinski definition) is 2.